The van der Waals surface area contributed by atoms with Gasteiger partial charge in [0.15, 0.2) is 0 Å². The third-order valence-electron chi connectivity index (χ3n) is 3.95. The van der Waals surface area contributed by atoms with E-state index in [1.165, 1.54) is 10.4 Å². The second-order valence-corrected chi connectivity index (χ2v) is 6.70. The molecule has 2 heterocycles. The Kier molecular flexibility index (Phi) is 4.84. The van der Waals surface area contributed by atoms with Crippen LogP contribution in [0.1, 0.15) is 42.2 Å². The minimum Gasteiger partial charge on any atom is -0.493 e. The highest BCUT2D eigenvalue weighted by atomic mass is 35.5. The first-order valence-corrected chi connectivity index (χ1v) is 8.75. The summed E-state index contributed by atoms with van der Waals surface area (Å²) < 4.78 is 5.80. The molecule has 2 aromatic rings. The Morgan fingerprint density at radius 3 is 3.00 bits per heavy atom. The van der Waals surface area contributed by atoms with Crippen molar-refractivity contribution >= 4 is 22.9 Å². The van der Waals surface area contributed by atoms with Crippen molar-refractivity contribution in [1.82, 2.24) is 5.32 Å². The summed E-state index contributed by atoms with van der Waals surface area (Å²) in [5.41, 5.74) is 1.29. The number of ether oxygens (including phenoxy) is 1. The summed E-state index contributed by atoms with van der Waals surface area (Å²) in [5, 5.41) is 6.64. The highest BCUT2D eigenvalue weighted by Crippen LogP contribution is 2.44. The van der Waals surface area contributed by atoms with Gasteiger partial charge in [0, 0.05) is 10.8 Å². The monoisotopic (exact) mass is 321 g/mol. The standard InChI is InChI=1S/C17H20ClNOS/c1-2-9-19-16(17-14(18)8-11-21-17)13-7-10-20-15-6-4-3-5-12(13)15/h3-6,8,11,13,16,19H,2,7,9-10H2,1H3. The van der Waals surface area contributed by atoms with Gasteiger partial charge in [0.05, 0.1) is 17.7 Å². The van der Waals surface area contributed by atoms with Crippen molar-refractivity contribution in [3.63, 3.8) is 0 Å². The number of para-hydroxylation sites is 1. The molecule has 4 heteroatoms. The Hall–Kier alpha value is -1.03. The number of hydrogen-bond donors (Lipinski definition) is 1. The molecule has 0 fully saturated rings. The third kappa shape index (κ3) is 3.10. The lowest BCUT2D eigenvalue weighted by Crippen LogP contribution is -2.30. The lowest BCUT2D eigenvalue weighted by molar-refractivity contribution is 0.246. The lowest BCUT2D eigenvalue weighted by Gasteiger charge is -2.32. The molecule has 2 unspecified atom stereocenters. The molecule has 0 amide bonds. The fourth-order valence-corrected chi connectivity index (χ4v) is 4.28. The van der Waals surface area contributed by atoms with E-state index >= 15 is 0 Å². The molecule has 0 radical (unpaired) electrons. The second kappa shape index (κ2) is 6.82. The van der Waals surface area contributed by atoms with Gasteiger partial charge in [-0.15, -0.1) is 11.3 Å². The van der Waals surface area contributed by atoms with Gasteiger partial charge in [-0.05, 0) is 42.5 Å². The van der Waals surface area contributed by atoms with Gasteiger partial charge in [-0.2, -0.15) is 0 Å². The van der Waals surface area contributed by atoms with E-state index in [-0.39, 0.29) is 6.04 Å². The van der Waals surface area contributed by atoms with E-state index < -0.39 is 0 Å². The van der Waals surface area contributed by atoms with Gasteiger partial charge in [0.1, 0.15) is 5.75 Å². The molecule has 21 heavy (non-hydrogen) atoms. The molecular weight excluding hydrogens is 302 g/mol. The number of hydrogen-bond acceptors (Lipinski definition) is 3. The number of halogens is 1. The zero-order valence-corrected chi connectivity index (χ0v) is 13.7. The van der Waals surface area contributed by atoms with Crippen molar-refractivity contribution in [2.24, 2.45) is 0 Å². The minimum atomic E-state index is 0.266. The van der Waals surface area contributed by atoms with E-state index in [1.54, 1.807) is 11.3 Å². The summed E-state index contributed by atoms with van der Waals surface area (Å²) in [6, 6.07) is 10.6. The largest absolute Gasteiger partial charge is 0.493 e. The summed E-state index contributed by atoms with van der Waals surface area (Å²) in [6.45, 7) is 3.96. The van der Waals surface area contributed by atoms with Gasteiger partial charge < -0.3 is 10.1 Å². The van der Waals surface area contributed by atoms with Crippen LogP contribution in [0.2, 0.25) is 5.02 Å². The molecule has 0 bridgehead atoms. The van der Waals surface area contributed by atoms with E-state index in [2.05, 4.69) is 35.8 Å². The average Bonchev–Trinajstić information content (AvgIpc) is 2.94. The van der Waals surface area contributed by atoms with E-state index in [9.17, 15) is 0 Å². The normalized spacial score (nSPS) is 18.9. The topological polar surface area (TPSA) is 21.3 Å². The first kappa shape index (κ1) is 14.9. The Labute approximate surface area is 135 Å². The summed E-state index contributed by atoms with van der Waals surface area (Å²) in [4.78, 5) is 1.24. The average molecular weight is 322 g/mol. The van der Waals surface area contributed by atoms with Gasteiger partial charge in [0.2, 0.25) is 0 Å². The molecule has 1 aliphatic rings. The highest BCUT2D eigenvalue weighted by molar-refractivity contribution is 7.10. The van der Waals surface area contributed by atoms with Crippen molar-refractivity contribution < 1.29 is 4.74 Å². The number of rotatable bonds is 5. The van der Waals surface area contributed by atoms with Gasteiger partial charge in [-0.25, -0.2) is 0 Å². The Morgan fingerprint density at radius 1 is 1.38 bits per heavy atom. The molecule has 2 atom stereocenters. The van der Waals surface area contributed by atoms with E-state index in [0.29, 0.717) is 5.92 Å². The SMILES string of the molecule is CCCNC(c1sccc1Cl)C1CCOc2ccccc21. The van der Waals surface area contributed by atoms with Crippen LogP contribution < -0.4 is 10.1 Å². The molecule has 2 nitrogen and oxygen atoms in total. The van der Waals surface area contributed by atoms with Crippen molar-refractivity contribution in [1.29, 1.82) is 0 Å². The maximum Gasteiger partial charge on any atom is 0.122 e. The van der Waals surface area contributed by atoms with Crippen LogP contribution in [0.25, 0.3) is 0 Å². The van der Waals surface area contributed by atoms with Crippen molar-refractivity contribution in [2.45, 2.75) is 31.7 Å². The predicted molar refractivity (Wildman–Crippen MR) is 89.7 cm³/mol. The predicted octanol–water partition coefficient (Wildman–Crippen LogP) is 5.01. The molecule has 0 aliphatic carbocycles. The second-order valence-electron chi connectivity index (χ2n) is 5.35. The van der Waals surface area contributed by atoms with E-state index in [4.69, 9.17) is 16.3 Å². The van der Waals surface area contributed by atoms with Crippen LogP contribution in [-0.2, 0) is 0 Å². The molecule has 0 saturated carbocycles. The highest BCUT2D eigenvalue weighted by Gasteiger charge is 2.31. The number of nitrogens with one attached hydrogen (secondary N) is 1. The smallest absolute Gasteiger partial charge is 0.122 e. The molecule has 0 spiro atoms. The molecule has 0 saturated heterocycles. The maximum atomic E-state index is 6.40. The number of thiophene rings is 1. The zero-order valence-electron chi connectivity index (χ0n) is 12.1. The Morgan fingerprint density at radius 2 is 2.24 bits per heavy atom. The van der Waals surface area contributed by atoms with Crippen molar-refractivity contribution in [2.75, 3.05) is 13.2 Å². The zero-order chi connectivity index (χ0) is 14.7. The van der Waals surface area contributed by atoms with Crippen LogP contribution >= 0.6 is 22.9 Å². The molecular formula is C17H20ClNOS. The first-order valence-electron chi connectivity index (χ1n) is 7.49. The van der Waals surface area contributed by atoms with Gasteiger partial charge in [-0.1, -0.05) is 36.7 Å². The van der Waals surface area contributed by atoms with Gasteiger partial charge in [-0.3, -0.25) is 0 Å². The van der Waals surface area contributed by atoms with E-state index in [1.807, 2.05) is 12.1 Å². The van der Waals surface area contributed by atoms with E-state index in [0.717, 1.165) is 36.8 Å². The number of benzene rings is 1. The Balaban J connectivity index is 1.96. The summed E-state index contributed by atoms with van der Waals surface area (Å²) >= 11 is 8.14. The lowest BCUT2D eigenvalue weighted by atomic mass is 9.85. The molecule has 1 aromatic carbocycles. The summed E-state index contributed by atoms with van der Waals surface area (Å²) in [5.74, 6) is 1.43. The minimum absolute atomic E-state index is 0.266. The van der Waals surface area contributed by atoms with Gasteiger partial charge >= 0.3 is 0 Å². The fourth-order valence-electron chi connectivity index (χ4n) is 2.96. The summed E-state index contributed by atoms with van der Waals surface area (Å²) in [7, 11) is 0. The maximum absolute atomic E-state index is 6.40. The van der Waals surface area contributed by atoms with Crippen LogP contribution in [0.5, 0.6) is 5.75 Å². The quantitative estimate of drug-likeness (QED) is 0.836. The fraction of sp³-hybridized carbons (Fsp3) is 0.412. The van der Waals surface area contributed by atoms with Crippen LogP contribution in [0.3, 0.4) is 0 Å². The molecule has 112 valence electrons. The Bertz CT molecular complexity index is 598. The van der Waals surface area contributed by atoms with Crippen molar-refractivity contribution in [3.8, 4) is 5.75 Å². The molecule has 1 N–H and O–H groups in total. The molecule has 1 aromatic heterocycles. The number of fused-ring (bicyclic) bond motifs is 1. The molecule has 1 aliphatic heterocycles. The molecule has 3 rings (SSSR count). The van der Waals surface area contributed by atoms with Gasteiger partial charge in [0.25, 0.3) is 0 Å². The van der Waals surface area contributed by atoms with Crippen LogP contribution in [0, 0.1) is 0 Å². The summed E-state index contributed by atoms with van der Waals surface area (Å²) in [6.07, 6.45) is 2.14. The van der Waals surface area contributed by atoms with Crippen LogP contribution in [-0.4, -0.2) is 13.2 Å². The van der Waals surface area contributed by atoms with Crippen molar-refractivity contribution in [3.05, 3.63) is 51.2 Å². The van der Waals surface area contributed by atoms with Crippen LogP contribution in [0.4, 0.5) is 0 Å². The van der Waals surface area contributed by atoms with Crippen LogP contribution in [0.15, 0.2) is 35.7 Å². The third-order valence-corrected chi connectivity index (χ3v) is 5.39. The first-order chi connectivity index (χ1) is 10.3.